The van der Waals surface area contributed by atoms with E-state index in [-0.39, 0.29) is 27.1 Å². The van der Waals surface area contributed by atoms with E-state index in [1.807, 2.05) is 0 Å². The van der Waals surface area contributed by atoms with Crippen LogP contribution in [0.1, 0.15) is 35.2 Å². The van der Waals surface area contributed by atoms with Gasteiger partial charge in [0.1, 0.15) is 0 Å². The number of rotatable bonds is 4. The van der Waals surface area contributed by atoms with Gasteiger partial charge in [0.15, 0.2) is 0 Å². The smallest absolute Gasteiger partial charge is 0.336 e. The second-order valence-corrected chi connectivity index (χ2v) is 6.75. The lowest BCUT2D eigenvalue weighted by Gasteiger charge is -2.26. The molecule has 1 aromatic carbocycles. The summed E-state index contributed by atoms with van der Waals surface area (Å²) in [6.45, 7) is 1.47. The normalized spacial score (nSPS) is 16.1. The van der Waals surface area contributed by atoms with Crippen molar-refractivity contribution in [2.45, 2.75) is 37.1 Å². The Kier molecular flexibility index (Phi) is 3.85. The number of aromatic carboxylic acids is 1. The monoisotopic (exact) mass is 303 g/mol. The number of sulfonamides is 1. The minimum Gasteiger partial charge on any atom is -0.478 e. The van der Waals surface area contributed by atoms with Crippen molar-refractivity contribution >= 4 is 27.6 Å². The number of hydrogen-bond acceptors (Lipinski definition) is 3. The van der Waals surface area contributed by atoms with Crippen molar-refractivity contribution < 1.29 is 18.3 Å². The summed E-state index contributed by atoms with van der Waals surface area (Å²) in [7, 11) is -3.73. The van der Waals surface area contributed by atoms with Gasteiger partial charge in [-0.1, -0.05) is 18.0 Å². The van der Waals surface area contributed by atoms with Crippen LogP contribution in [-0.2, 0) is 10.0 Å². The zero-order valence-electron chi connectivity index (χ0n) is 10.3. The molecular formula is C12H14ClNO4S. The Labute approximate surface area is 116 Å². The van der Waals surface area contributed by atoms with Crippen LogP contribution >= 0.6 is 11.6 Å². The summed E-state index contributed by atoms with van der Waals surface area (Å²) in [6.07, 6.45) is 2.62. The highest BCUT2D eigenvalue weighted by Crippen LogP contribution is 2.27. The molecule has 1 saturated carbocycles. The molecule has 1 aromatic rings. The fourth-order valence-electron chi connectivity index (χ4n) is 1.96. The zero-order valence-corrected chi connectivity index (χ0v) is 11.9. The van der Waals surface area contributed by atoms with Crippen LogP contribution in [0.5, 0.6) is 0 Å². The van der Waals surface area contributed by atoms with Gasteiger partial charge in [-0.2, -0.15) is 0 Å². The first-order chi connectivity index (χ1) is 8.81. The number of hydrogen-bond donors (Lipinski definition) is 2. The molecule has 0 spiro atoms. The summed E-state index contributed by atoms with van der Waals surface area (Å²) in [5.74, 6) is -1.19. The lowest BCUT2D eigenvalue weighted by Crippen LogP contribution is -2.39. The molecule has 104 valence electrons. The van der Waals surface area contributed by atoms with Gasteiger partial charge in [-0.3, -0.25) is 0 Å². The van der Waals surface area contributed by atoms with Gasteiger partial charge >= 0.3 is 5.97 Å². The van der Waals surface area contributed by atoms with Gasteiger partial charge in [0.2, 0.25) is 10.0 Å². The van der Waals surface area contributed by atoms with Crippen LogP contribution in [0.25, 0.3) is 0 Å². The fourth-order valence-corrected chi connectivity index (χ4v) is 3.84. The van der Waals surface area contributed by atoms with E-state index >= 15 is 0 Å². The minimum atomic E-state index is -3.73. The number of benzene rings is 1. The Hall–Kier alpha value is -1.11. The largest absolute Gasteiger partial charge is 0.478 e. The lowest BCUT2D eigenvalue weighted by atomic mass is 9.94. The highest BCUT2D eigenvalue weighted by molar-refractivity contribution is 7.89. The van der Waals surface area contributed by atoms with Gasteiger partial charge in [-0.05, 0) is 37.5 Å². The molecule has 5 nitrogen and oxygen atoms in total. The number of carbonyl (C=O) groups is 1. The van der Waals surface area contributed by atoms with Crippen LogP contribution in [0.2, 0.25) is 5.02 Å². The van der Waals surface area contributed by atoms with E-state index in [2.05, 4.69) is 4.72 Å². The molecule has 2 N–H and O–H groups in total. The van der Waals surface area contributed by atoms with Crippen molar-refractivity contribution in [1.82, 2.24) is 4.72 Å². The average Bonchev–Trinajstić information content (AvgIpc) is 2.26. The minimum absolute atomic E-state index is 0.0586. The van der Waals surface area contributed by atoms with Crippen molar-refractivity contribution in [3.63, 3.8) is 0 Å². The molecule has 1 aliphatic rings. The molecule has 7 heteroatoms. The summed E-state index contributed by atoms with van der Waals surface area (Å²) < 4.78 is 27.0. The summed E-state index contributed by atoms with van der Waals surface area (Å²) in [4.78, 5) is 11.0. The Balaban J connectivity index is 2.46. The molecule has 0 aromatic heterocycles. The Morgan fingerprint density at radius 2 is 2.05 bits per heavy atom. The Bertz CT molecular complexity index is 623. The maximum Gasteiger partial charge on any atom is 0.336 e. The molecule has 0 radical (unpaired) electrons. The highest BCUT2D eigenvalue weighted by Gasteiger charge is 2.27. The van der Waals surface area contributed by atoms with Crippen LogP contribution in [0.4, 0.5) is 0 Å². The van der Waals surface area contributed by atoms with E-state index < -0.39 is 16.0 Å². The maximum absolute atomic E-state index is 12.2. The zero-order chi connectivity index (χ0) is 14.2. The van der Waals surface area contributed by atoms with E-state index in [9.17, 15) is 13.2 Å². The second-order valence-electron chi connectivity index (χ2n) is 4.63. The number of carboxylic acids is 1. The van der Waals surface area contributed by atoms with E-state index in [0.29, 0.717) is 0 Å². The third-order valence-corrected chi connectivity index (χ3v) is 5.14. The molecule has 0 amide bonds. The average molecular weight is 304 g/mol. The predicted molar refractivity (Wildman–Crippen MR) is 71.1 cm³/mol. The van der Waals surface area contributed by atoms with E-state index in [0.717, 1.165) is 19.3 Å². The van der Waals surface area contributed by atoms with Gasteiger partial charge in [-0.25, -0.2) is 17.9 Å². The summed E-state index contributed by atoms with van der Waals surface area (Å²) >= 11 is 5.80. The van der Waals surface area contributed by atoms with E-state index in [4.69, 9.17) is 16.7 Å². The third kappa shape index (κ3) is 2.91. The summed E-state index contributed by atoms with van der Waals surface area (Å²) in [6, 6.07) is 2.47. The Morgan fingerprint density at radius 3 is 2.53 bits per heavy atom. The molecular weight excluding hydrogens is 290 g/mol. The Morgan fingerprint density at radius 1 is 1.42 bits per heavy atom. The van der Waals surface area contributed by atoms with Gasteiger partial charge in [0.05, 0.1) is 10.5 Å². The van der Waals surface area contributed by atoms with Crippen LogP contribution in [0, 0.1) is 6.92 Å². The van der Waals surface area contributed by atoms with Gasteiger partial charge in [-0.15, -0.1) is 0 Å². The van der Waals surface area contributed by atoms with Gasteiger partial charge in [0.25, 0.3) is 0 Å². The van der Waals surface area contributed by atoms with Gasteiger partial charge in [0, 0.05) is 11.1 Å². The molecule has 0 unspecified atom stereocenters. The quantitative estimate of drug-likeness (QED) is 0.893. The van der Waals surface area contributed by atoms with Crippen LogP contribution in [-0.4, -0.2) is 25.5 Å². The van der Waals surface area contributed by atoms with Crippen LogP contribution in [0.3, 0.4) is 0 Å². The predicted octanol–water partition coefficient (Wildman–Crippen LogP) is 2.18. The summed E-state index contributed by atoms with van der Waals surface area (Å²) in [5, 5.41) is 9.14. The van der Waals surface area contributed by atoms with Crippen molar-refractivity contribution in [1.29, 1.82) is 0 Å². The van der Waals surface area contributed by atoms with Gasteiger partial charge < -0.3 is 5.11 Å². The molecule has 19 heavy (non-hydrogen) atoms. The SMILES string of the molecule is Cc1c(C(=O)O)cc(Cl)cc1S(=O)(=O)NC1CCC1. The van der Waals surface area contributed by atoms with Crippen molar-refractivity contribution in [3.8, 4) is 0 Å². The topological polar surface area (TPSA) is 83.5 Å². The molecule has 0 atom stereocenters. The standard InChI is InChI=1S/C12H14ClNO4S/c1-7-10(12(15)16)5-8(13)6-11(7)19(17,18)14-9-3-2-4-9/h5-6,9,14H,2-4H2,1H3,(H,15,16). The first-order valence-corrected chi connectivity index (χ1v) is 7.73. The number of halogens is 1. The lowest BCUT2D eigenvalue weighted by molar-refractivity contribution is 0.0696. The molecule has 0 aliphatic heterocycles. The third-order valence-electron chi connectivity index (χ3n) is 3.27. The highest BCUT2D eigenvalue weighted by atomic mass is 35.5. The van der Waals surface area contributed by atoms with Crippen molar-refractivity contribution in [2.75, 3.05) is 0 Å². The number of carboxylic acid groups (broad SMARTS) is 1. The van der Waals surface area contributed by atoms with Crippen molar-refractivity contribution in [2.24, 2.45) is 0 Å². The molecule has 0 bridgehead atoms. The second kappa shape index (κ2) is 5.11. The van der Waals surface area contributed by atoms with Crippen LogP contribution in [0.15, 0.2) is 17.0 Å². The van der Waals surface area contributed by atoms with Crippen molar-refractivity contribution in [3.05, 3.63) is 28.3 Å². The summed E-state index contributed by atoms with van der Waals surface area (Å²) in [5.41, 5.74) is 0.102. The first kappa shape index (κ1) is 14.3. The van der Waals surface area contributed by atoms with Crippen LogP contribution < -0.4 is 4.72 Å². The molecule has 0 heterocycles. The van der Waals surface area contributed by atoms with E-state index in [1.54, 1.807) is 0 Å². The molecule has 0 saturated heterocycles. The molecule has 1 aliphatic carbocycles. The fraction of sp³-hybridized carbons (Fsp3) is 0.417. The first-order valence-electron chi connectivity index (χ1n) is 5.87. The van der Waals surface area contributed by atoms with E-state index in [1.165, 1.54) is 19.1 Å². The molecule has 1 fully saturated rings. The maximum atomic E-state index is 12.2. The number of nitrogens with one attached hydrogen (secondary N) is 1. The molecule has 2 rings (SSSR count).